The van der Waals surface area contributed by atoms with Crippen LogP contribution in [-0.2, 0) is 11.3 Å². The summed E-state index contributed by atoms with van der Waals surface area (Å²) < 4.78 is 12.0. The van der Waals surface area contributed by atoms with Gasteiger partial charge < -0.3 is 15.2 Å². The molecule has 0 bridgehead atoms. The molecule has 0 aliphatic heterocycles. The zero-order valence-electron chi connectivity index (χ0n) is 12.9. The minimum atomic E-state index is -0.396. The quantitative estimate of drug-likeness (QED) is 0.591. The smallest absolute Gasteiger partial charge is 0.337 e. The van der Waals surface area contributed by atoms with Crippen LogP contribution >= 0.6 is 0 Å². The van der Waals surface area contributed by atoms with Crippen molar-refractivity contribution in [1.29, 1.82) is 0 Å². The average molecular weight is 311 g/mol. The monoisotopic (exact) mass is 311 g/mol. The lowest BCUT2D eigenvalue weighted by Gasteiger charge is -2.11. The Labute approximate surface area is 133 Å². The van der Waals surface area contributed by atoms with Gasteiger partial charge in [0.15, 0.2) is 0 Å². The number of carbonyl (C=O) groups is 1. The largest absolute Gasteiger partial charge is 0.496 e. The molecular weight excluding hydrogens is 294 g/mol. The minimum absolute atomic E-state index is 0.396. The Kier molecular flexibility index (Phi) is 3.89. The lowest BCUT2D eigenvalue weighted by molar-refractivity contribution is 0.0600. The van der Waals surface area contributed by atoms with Crippen molar-refractivity contribution in [3.05, 3.63) is 53.7 Å². The molecule has 0 fully saturated rings. The van der Waals surface area contributed by atoms with E-state index in [-0.39, 0.29) is 0 Å². The van der Waals surface area contributed by atoms with E-state index < -0.39 is 5.97 Å². The summed E-state index contributed by atoms with van der Waals surface area (Å²) in [5.41, 5.74) is 8.84. The molecule has 6 heteroatoms. The van der Waals surface area contributed by atoms with E-state index in [2.05, 4.69) is 5.10 Å². The van der Waals surface area contributed by atoms with Gasteiger partial charge >= 0.3 is 5.97 Å². The van der Waals surface area contributed by atoms with Crippen molar-refractivity contribution in [2.75, 3.05) is 20.0 Å². The Balaban J connectivity index is 1.98. The number of aromatic nitrogens is 2. The molecule has 0 unspecified atom stereocenters. The van der Waals surface area contributed by atoms with Crippen LogP contribution in [0.5, 0.6) is 5.75 Å². The summed E-state index contributed by atoms with van der Waals surface area (Å²) in [4.78, 5) is 11.6. The van der Waals surface area contributed by atoms with Crippen LogP contribution in [-0.4, -0.2) is 30.0 Å². The maximum atomic E-state index is 11.6. The lowest BCUT2D eigenvalue weighted by Crippen LogP contribution is -2.06. The van der Waals surface area contributed by atoms with Gasteiger partial charge in [-0.15, -0.1) is 0 Å². The molecule has 0 saturated carbocycles. The number of anilines is 1. The number of nitrogens with zero attached hydrogens (tertiary/aromatic N) is 2. The molecule has 0 aliphatic carbocycles. The molecule has 0 radical (unpaired) electrons. The van der Waals surface area contributed by atoms with Gasteiger partial charge in [-0.3, -0.25) is 4.68 Å². The van der Waals surface area contributed by atoms with Crippen LogP contribution in [0.4, 0.5) is 5.69 Å². The summed E-state index contributed by atoms with van der Waals surface area (Å²) >= 11 is 0. The number of esters is 1. The molecule has 2 N–H and O–H groups in total. The molecule has 0 amide bonds. The number of benzene rings is 2. The van der Waals surface area contributed by atoms with Crippen LogP contribution < -0.4 is 10.5 Å². The Morgan fingerprint density at radius 2 is 2.04 bits per heavy atom. The SMILES string of the molecule is COC(=O)c1ccc(Cn2ncc3ccc(N)cc32)c(OC)c1. The van der Waals surface area contributed by atoms with E-state index in [9.17, 15) is 4.79 Å². The van der Waals surface area contributed by atoms with Crippen molar-refractivity contribution in [3.63, 3.8) is 0 Å². The van der Waals surface area contributed by atoms with Crippen LogP contribution in [0.25, 0.3) is 10.9 Å². The second-order valence-corrected chi connectivity index (χ2v) is 5.14. The zero-order chi connectivity index (χ0) is 16.4. The predicted octanol–water partition coefficient (Wildman–Crippen LogP) is 2.46. The van der Waals surface area contributed by atoms with Crippen LogP contribution in [0.2, 0.25) is 0 Å². The molecule has 23 heavy (non-hydrogen) atoms. The molecule has 0 aliphatic rings. The van der Waals surface area contributed by atoms with Gasteiger partial charge in [-0.05, 0) is 30.3 Å². The van der Waals surface area contributed by atoms with E-state index in [0.717, 1.165) is 16.5 Å². The predicted molar refractivity (Wildman–Crippen MR) is 87.6 cm³/mol. The maximum absolute atomic E-state index is 11.6. The standard InChI is InChI=1S/C17H17N3O3/c1-22-16-7-11(17(21)23-2)3-4-13(16)10-20-15-8-14(18)6-5-12(15)9-19-20/h3-9H,10,18H2,1-2H3. The first-order valence-electron chi connectivity index (χ1n) is 7.08. The van der Waals surface area contributed by atoms with E-state index >= 15 is 0 Å². The van der Waals surface area contributed by atoms with Crippen molar-refractivity contribution in [1.82, 2.24) is 9.78 Å². The number of hydrogen-bond acceptors (Lipinski definition) is 5. The van der Waals surface area contributed by atoms with Gasteiger partial charge in [0.25, 0.3) is 0 Å². The highest BCUT2D eigenvalue weighted by atomic mass is 16.5. The van der Waals surface area contributed by atoms with Gasteiger partial charge in [0, 0.05) is 16.6 Å². The molecule has 2 aromatic carbocycles. The molecule has 118 valence electrons. The van der Waals surface area contributed by atoms with E-state index in [1.54, 1.807) is 25.4 Å². The zero-order valence-corrected chi connectivity index (χ0v) is 12.9. The van der Waals surface area contributed by atoms with Crippen LogP contribution in [0.1, 0.15) is 15.9 Å². The molecular formula is C17H17N3O3. The van der Waals surface area contributed by atoms with E-state index in [0.29, 0.717) is 23.5 Å². The lowest BCUT2D eigenvalue weighted by atomic mass is 10.1. The third-order valence-electron chi connectivity index (χ3n) is 3.70. The number of nitrogens with two attached hydrogens (primary N) is 1. The summed E-state index contributed by atoms with van der Waals surface area (Å²) in [5.74, 6) is 0.215. The summed E-state index contributed by atoms with van der Waals surface area (Å²) in [5, 5.41) is 5.41. The number of carbonyl (C=O) groups excluding carboxylic acids is 1. The molecule has 0 saturated heterocycles. The van der Waals surface area contributed by atoms with Gasteiger partial charge in [0.05, 0.1) is 38.0 Å². The number of rotatable bonds is 4. The second-order valence-electron chi connectivity index (χ2n) is 5.14. The third-order valence-corrected chi connectivity index (χ3v) is 3.70. The molecule has 0 atom stereocenters. The summed E-state index contributed by atoms with van der Waals surface area (Å²) in [7, 11) is 2.92. The highest BCUT2D eigenvalue weighted by Gasteiger charge is 2.12. The van der Waals surface area contributed by atoms with Crippen molar-refractivity contribution >= 4 is 22.6 Å². The third kappa shape index (κ3) is 2.83. The van der Waals surface area contributed by atoms with E-state index in [1.165, 1.54) is 7.11 Å². The highest BCUT2D eigenvalue weighted by Crippen LogP contribution is 2.24. The first-order chi connectivity index (χ1) is 11.1. The number of ether oxygens (including phenoxy) is 2. The fourth-order valence-corrected chi connectivity index (χ4v) is 2.49. The van der Waals surface area contributed by atoms with Gasteiger partial charge in [-0.25, -0.2) is 4.79 Å². The Morgan fingerprint density at radius 1 is 1.22 bits per heavy atom. The highest BCUT2D eigenvalue weighted by molar-refractivity contribution is 5.90. The van der Waals surface area contributed by atoms with E-state index in [4.69, 9.17) is 15.2 Å². The van der Waals surface area contributed by atoms with Crippen molar-refractivity contribution in [2.24, 2.45) is 0 Å². The van der Waals surface area contributed by atoms with Crippen LogP contribution in [0.3, 0.4) is 0 Å². The molecule has 0 spiro atoms. The molecule has 1 aromatic heterocycles. The van der Waals surface area contributed by atoms with Crippen molar-refractivity contribution < 1.29 is 14.3 Å². The fourth-order valence-electron chi connectivity index (χ4n) is 2.49. The molecule has 1 heterocycles. The number of nitrogen functional groups attached to an aromatic ring is 1. The summed E-state index contributed by atoms with van der Waals surface area (Å²) in [6, 6.07) is 10.9. The second kappa shape index (κ2) is 6.00. The molecule has 3 aromatic rings. The Hall–Kier alpha value is -3.02. The first kappa shape index (κ1) is 14.9. The normalized spacial score (nSPS) is 10.7. The van der Waals surface area contributed by atoms with Crippen LogP contribution in [0, 0.1) is 0 Å². The van der Waals surface area contributed by atoms with Gasteiger partial charge in [0.1, 0.15) is 5.75 Å². The Bertz CT molecular complexity index is 871. The van der Waals surface area contributed by atoms with Crippen LogP contribution in [0.15, 0.2) is 42.6 Å². The van der Waals surface area contributed by atoms with Gasteiger partial charge in [-0.1, -0.05) is 6.07 Å². The summed E-state index contributed by atoms with van der Waals surface area (Å²) in [6.45, 7) is 0.511. The Morgan fingerprint density at radius 3 is 2.78 bits per heavy atom. The first-order valence-corrected chi connectivity index (χ1v) is 7.08. The average Bonchev–Trinajstić information content (AvgIpc) is 2.96. The maximum Gasteiger partial charge on any atom is 0.337 e. The molecule has 3 rings (SSSR count). The summed E-state index contributed by atoms with van der Waals surface area (Å²) in [6.07, 6.45) is 1.80. The number of methoxy groups -OCH3 is 2. The van der Waals surface area contributed by atoms with Gasteiger partial charge in [-0.2, -0.15) is 5.10 Å². The number of hydrogen-bond donors (Lipinski definition) is 1. The van der Waals surface area contributed by atoms with Gasteiger partial charge in [0.2, 0.25) is 0 Å². The minimum Gasteiger partial charge on any atom is -0.496 e. The van der Waals surface area contributed by atoms with Crippen molar-refractivity contribution in [3.8, 4) is 5.75 Å². The van der Waals surface area contributed by atoms with E-state index in [1.807, 2.05) is 28.9 Å². The molecule has 6 nitrogen and oxygen atoms in total. The fraction of sp³-hybridized carbons (Fsp3) is 0.176. The number of fused-ring (bicyclic) bond motifs is 1. The topological polar surface area (TPSA) is 79.4 Å². The van der Waals surface area contributed by atoms with Crippen molar-refractivity contribution in [2.45, 2.75) is 6.54 Å².